The van der Waals surface area contributed by atoms with E-state index in [4.69, 9.17) is 10.5 Å². The summed E-state index contributed by atoms with van der Waals surface area (Å²) in [4.78, 5) is 29.5. The standard InChI is InChI=1S/C15H21N5O4/c1-18(2)6-3-11-9-14(17-10-13(11)20(22)23)19-7-4-12(5-8-19)24-15(16)21/h3,6,9-10,12H,4-5,7-8H2,1-2H3,(H2,16,21)/b6-3+. The molecule has 0 radical (unpaired) electrons. The van der Waals surface area contributed by atoms with E-state index in [2.05, 4.69) is 4.98 Å². The number of piperidine rings is 1. The highest BCUT2D eigenvalue weighted by Gasteiger charge is 2.23. The van der Waals surface area contributed by atoms with Crippen molar-refractivity contribution in [2.24, 2.45) is 5.73 Å². The average molecular weight is 335 g/mol. The van der Waals surface area contributed by atoms with E-state index in [0.29, 0.717) is 37.3 Å². The molecule has 24 heavy (non-hydrogen) atoms. The second kappa shape index (κ2) is 7.62. The van der Waals surface area contributed by atoms with Crippen molar-refractivity contribution < 1.29 is 14.5 Å². The molecule has 1 aliphatic heterocycles. The van der Waals surface area contributed by atoms with Crippen molar-refractivity contribution in [3.05, 3.63) is 34.1 Å². The summed E-state index contributed by atoms with van der Waals surface area (Å²) in [6, 6.07) is 1.70. The third-order valence-electron chi connectivity index (χ3n) is 3.70. The molecular weight excluding hydrogens is 314 g/mol. The summed E-state index contributed by atoms with van der Waals surface area (Å²) in [5.74, 6) is 0.663. The fourth-order valence-electron chi connectivity index (χ4n) is 2.51. The molecule has 1 aliphatic rings. The van der Waals surface area contributed by atoms with Crippen LogP contribution in [0.5, 0.6) is 0 Å². The Morgan fingerprint density at radius 2 is 2.17 bits per heavy atom. The number of carbonyl (C=O) groups is 1. The van der Waals surface area contributed by atoms with E-state index < -0.39 is 11.0 Å². The first-order chi connectivity index (χ1) is 11.4. The Kier molecular flexibility index (Phi) is 5.56. The molecular formula is C15H21N5O4. The second-order valence-electron chi connectivity index (χ2n) is 5.76. The van der Waals surface area contributed by atoms with Crippen LogP contribution in [-0.4, -0.2) is 54.2 Å². The quantitative estimate of drug-likeness (QED) is 0.641. The normalized spacial score (nSPS) is 15.5. The third kappa shape index (κ3) is 4.58. The van der Waals surface area contributed by atoms with Crippen molar-refractivity contribution in [2.45, 2.75) is 18.9 Å². The predicted molar refractivity (Wildman–Crippen MR) is 89.5 cm³/mol. The van der Waals surface area contributed by atoms with Gasteiger partial charge in [0, 0.05) is 40.0 Å². The van der Waals surface area contributed by atoms with Crippen LogP contribution in [0, 0.1) is 10.1 Å². The highest BCUT2D eigenvalue weighted by Crippen LogP contribution is 2.26. The molecule has 9 heteroatoms. The van der Waals surface area contributed by atoms with Crippen LogP contribution in [0.2, 0.25) is 0 Å². The molecule has 0 unspecified atom stereocenters. The molecule has 9 nitrogen and oxygen atoms in total. The Balaban J connectivity index is 2.15. The molecule has 2 rings (SSSR count). The van der Waals surface area contributed by atoms with Crippen LogP contribution in [0.1, 0.15) is 18.4 Å². The number of pyridine rings is 1. The van der Waals surface area contributed by atoms with Crippen molar-refractivity contribution in [2.75, 3.05) is 32.1 Å². The molecule has 0 bridgehead atoms. The summed E-state index contributed by atoms with van der Waals surface area (Å²) in [5, 5.41) is 11.1. The minimum absolute atomic E-state index is 0.0382. The Hall–Kier alpha value is -2.84. The number of anilines is 1. The zero-order valence-electron chi connectivity index (χ0n) is 13.7. The van der Waals surface area contributed by atoms with Crippen LogP contribution < -0.4 is 10.6 Å². The van der Waals surface area contributed by atoms with E-state index in [-0.39, 0.29) is 11.8 Å². The maximum Gasteiger partial charge on any atom is 0.404 e. The van der Waals surface area contributed by atoms with Crippen molar-refractivity contribution in [1.82, 2.24) is 9.88 Å². The van der Waals surface area contributed by atoms with E-state index in [1.807, 2.05) is 19.0 Å². The van der Waals surface area contributed by atoms with Crippen LogP contribution in [0.25, 0.3) is 6.08 Å². The number of primary amides is 1. The first-order valence-corrected chi connectivity index (χ1v) is 7.57. The highest BCUT2D eigenvalue weighted by molar-refractivity contribution is 5.65. The Morgan fingerprint density at radius 3 is 2.71 bits per heavy atom. The van der Waals surface area contributed by atoms with E-state index in [0.717, 1.165) is 0 Å². The summed E-state index contributed by atoms with van der Waals surface area (Å²) in [6.07, 6.45) is 5.04. The van der Waals surface area contributed by atoms with Gasteiger partial charge in [0.05, 0.1) is 10.5 Å². The molecule has 0 saturated carbocycles. The Bertz CT molecular complexity index is 639. The number of carbonyl (C=O) groups excluding carboxylic acids is 1. The van der Waals surface area contributed by atoms with E-state index in [9.17, 15) is 14.9 Å². The van der Waals surface area contributed by atoms with Crippen molar-refractivity contribution >= 4 is 23.7 Å². The number of nitrogens with two attached hydrogens (primary N) is 1. The minimum atomic E-state index is -0.766. The van der Waals surface area contributed by atoms with Crippen LogP contribution in [0.3, 0.4) is 0 Å². The number of ether oxygens (including phenoxy) is 1. The molecule has 1 saturated heterocycles. The zero-order chi connectivity index (χ0) is 17.7. The number of nitro groups is 1. The zero-order valence-corrected chi connectivity index (χ0v) is 13.7. The van der Waals surface area contributed by atoms with Crippen molar-refractivity contribution in [3.63, 3.8) is 0 Å². The topological polar surface area (TPSA) is 115 Å². The number of nitrogens with zero attached hydrogens (tertiary/aromatic N) is 4. The summed E-state index contributed by atoms with van der Waals surface area (Å²) in [6.45, 7) is 1.28. The Labute approximate surface area is 139 Å². The lowest BCUT2D eigenvalue weighted by atomic mass is 10.1. The number of rotatable bonds is 5. The SMILES string of the molecule is CN(C)/C=C/c1cc(N2CCC(OC(N)=O)CC2)ncc1[N+](=O)[O-]. The number of hydrogen-bond acceptors (Lipinski definition) is 7. The van der Waals surface area contributed by atoms with Crippen molar-refractivity contribution in [3.8, 4) is 0 Å². The van der Waals surface area contributed by atoms with E-state index in [1.165, 1.54) is 6.20 Å². The van der Waals surface area contributed by atoms with Gasteiger partial charge in [0.1, 0.15) is 18.1 Å². The molecule has 2 heterocycles. The van der Waals surface area contributed by atoms with Gasteiger partial charge in [0.25, 0.3) is 5.69 Å². The molecule has 1 aromatic rings. The van der Waals surface area contributed by atoms with Gasteiger partial charge < -0.3 is 20.3 Å². The molecule has 1 aromatic heterocycles. The van der Waals surface area contributed by atoms with Gasteiger partial charge in [-0.15, -0.1) is 0 Å². The summed E-state index contributed by atoms with van der Waals surface area (Å²) < 4.78 is 5.00. The summed E-state index contributed by atoms with van der Waals surface area (Å²) >= 11 is 0. The summed E-state index contributed by atoms with van der Waals surface area (Å²) in [7, 11) is 3.68. The lowest BCUT2D eigenvalue weighted by Crippen LogP contribution is -2.39. The maximum absolute atomic E-state index is 11.1. The molecule has 2 N–H and O–H groups in total. The Morgan fingerprint density at radius 1 is 1.50 bits per heavy atom. The lowest BCUT2D eigenvalue weighted by molar-refractivity contribution is -0.385. The fraction of sp³-hybridized carbons (Fsp3) is 0.467. The molecule has 0 aromatic carbocycles. The second-order valence-corrected chi connectivity index (χ2v) is 5.76. The lowest BCUT2D eigenvalue weighted by Gasteiger charge is -2.32. The van der Waals surface area contributed by atoms with Gasteiger partial charge >= 0.3 is 6.09 Å². The number of amides is 1. The molecule has 130 valence electrons. The maximum atomic E-state index is 11.1. The molecule has 0 atom stereocenters. The molecule has 0 aliphatic carbocycles. The number of aromatic nitrogens is 1. The van der Waals surface area contributed by atoms with Gasteiger partial charge in [0.2, 0.25) is 0 Å². The predicted octanol–water partition coefficient (Wildman–Crippen LogP) is 1.59. The van der Waals surface area contributed by atoms with E-state index >= 15 is 0 Å². The fourth-order valence-corrected chi connectivity index (χ4v) is 2.51. The van der Waals surface area contributed by atoms with Crippen LogP contribution in [0.4, 0.5) is 16.3 Å². The van der Waals surface area contributed by atoms with Gasteiger partial charge in [-0.2, -0.15) is 0 Å². The molecule has 0 spiro atoms. The summed E-state index contributed by atoms with van der Waals surface area (Å²) in [5.41, 5.74) is 5.49. The van der Waals surface area contributed by atoms with Crippen LogP contribution in [0.15, 0.2) is 18.5 Å². The molecule has 1 fully saturated rings. The van der Waals surface area contributed by atoms with Gasteiger partial charge in [0.15, 0.2) is 0 Å². The first kappa shape index (κ1) is 17.5. The monoisotopic (exact) mass is 335 g/mol. The van der Waals surface area contributed by atoms with Crippen molar-refractivity contribution in [1.29, 1.82) is 0 Å². The number of hydrogen-bond donors (Lipinski definition) is 1. The average Bonchev–Trinajstić information content (AvgIpc) is 2.52. The van der Waals surface area contributed by atoms with Gasteiger partial charge in [-0.1, -0.05) is 0 Å². The first-order valence-electron chi connectivity index (χ1n) is 7.57. The van der Waals surface area contributed by atoms with Crippen LogP contribution in [-0.2, 0) is 4.74 Å². The smallest absolute Gasteiger partial charge is 0.404 e. The van der Waals surface area contributed by atoms with Gasteiger partial charge in [-0.3, -0.25) is 10.1 Å². The van der Waals surface area contributed by atoms with Gasteiger partial charge in [-0.05, 0) is 18.3 Å². The third-order valence-corrected chi connectivity index (χ3v) is 3.70. The minimum Gasteiger partial charge on any atom is -0.446 e. The molecule has 1 amide bonds. The van der Waals surface area contributed by atoms with Gasteiger partial charge in [-0.25, -0.2) is 9.78 Å². The van der Waals surface area contributed by atoms with E-state index in [1.54, 1.807) is 23.2 Å². The van der Waals surface area contributed by atoms with Crippen LogP contribution >= 0.6 is 0 Å². The largest absolute Gasteiger partial charge is 0.446 e. The highest BCUT2D eigenvalue weighted by atomic mass is 16.6.